The Balaban J connectivity index is 1.66. The second-order valence-corrected chi connectivity index (χ2v) is 8.04. The van der Waals surface area contributed by atoms with Crippen molar-refractivity contribution in [1.82, 2.24) is 9.55 Å². The average Bonchev–Trinajstić information content (AvgIpc) is 3.18. The predicted molar refractivity (Wildman–Crippen MR) is 131 cm³/mol. The van der Waals surface area contributed by atoms with Crippen molar-refractivity contribution in [2.45, 2.75) is 0 Å². The third kappa shape index (κ3) is 2.25. The van der Waals surface area contributed by atoms with E-state index in [0.717, 1.165) is 16.7 Å². The molecule has 144 valence electrons. The third-order valence-corrected chi connectivity index (χ3v) is 6.41. The van der Waals surface area contributed by atoms with Gasteiger partial charge in [-0.1, -0.05) is 72.8 Å². The Bertz CT molecular complexity index is 1700. The summed E-state index contributed by atoms with van der Waals surface area (Å²) >= 11 is 0. The van der Waals surface area contributed by atoms with Crippen LogP contribution in [0.1, 0.15) is 0 Å². The van der Waals surface area contributed by atoms with Crippen LogP contribution in [-0.2, 0) is 0 Å². The number of hydrogen-bond donors (Lipinski definition) is 0. The zero-order valence-corrected chi connectivity index (χ0v) is 16.8. The van der Waals surface area contributed by atoms with E-state index in [1.807, 2.05) is 12.3 Å². The van der Waals surface area contributed by atoms with Gasteiger partial charge >= 0.3 is 0 Å². The van der Waals surface area contributed by atoms with Crippen molar-refractivity contribution in [3.05, 3.63) is 109 Å². The molecule has 2 heterocycles. The van der Waals surface area contributed by atoms with Gasteiger partial charge in [-0.3, -0.25) is 4.98 Å². The van der Waals surface area contributed by atoms with Crippen LogP contribution in [0, 0.1) is 0 Å². The van der Waals surface area contributed by atoms with Crippen LogP contribution in [0.5, 0.6) is 0 Å². The fourth-order valence-electron chi connectivity index (χ4n) is 5.10. The summed E-state index contributed by atoms with van der Waals surface area (Å²) in [5.74, 6) is 0. The molecule has 2 heteroatoms. The van der Waals surface area contributed by atoms with Crippen molar-refractivity contribution in [3.63, 3.8) is 0 Å². The van der Waals surface area contributed by atoms with Crippen LogP contribution >= 0.6 is 0 Å². The van der Waals surface area contributed by atoms with Gasteiger partial charge in [0.15, 0.2) is 0 Å². The molecule has 0 aliphatic carbocycles. The Labute approximate surface area is 179 Å². The molecule has 0 unspecified atom stereocenters. The van der Waals surface area contributed by atoms with E-state index < -0.39 is 0 Å². The first kappa shape index (κ1) is 16.6. The minimum Gasteiger partial charge on any atom is -0.308 e. The molecule has 0 fully saturated rings. The fourth-order valence-corrected chi connectivity index (χ4v) is 5.10. The highest BCUT2D eigenvalue weighted by molar-refractivity contribution is 6.25. The lowest BCUT2D eigenvalue weighted by atomic mass is 9.94. The van der Waals surface area contributed by atoms with Crippen molar-refractivity contribution in [2.24, 2.45) is 0 Å². The molecule has 2 nitrogen and oxygen atoms in total. The quantitative estimate of drug-likeness (QED) is 0.262. The molecule has 2 aromatic heterocycles. The Hall–Kier alpha value is -4.17. The molecule has 0 amide bonds. The number of para-hydroxylation sites is 1. The summed E-state index contributed by atoms with van der Waals surface area (Å²) in [6, 6.07) is 37.0. The second kappa shape index (κ2) is 6.16. The third-order valence-electron chi connectivity index (χ3n) is 6.41. The largest absolute Gasteiger partial charge is 0.308 e. The lowest BCUT2D eigenvalue weighted by Crippen LogP contribution is -1.94. The van der Waals surface area contributed by atoms with E-state index in [4.69, 9.17) is 0 Å². The maximum atomic E-state index is 4.69. The van der Waals surface area contributed by atoms with Gasteiger partial charge in [-0.2, -0.15) is 0 Å². The van der Waals surface area contributed by atoms with Crippen LogP contribution in [-0.4, -0.2) is 9.55 Å². The molecule has 7 rings (SSSR count). The van der Waals surface area contributed by atoms with Gasteiger partial charge in [0.05, 0.1) is 16.6 Å². The molecule has 5 aromatic carbocycles. The van der Waals surface area contributed by atoms with Gasteiger partial charge in [-0.15, -0.1) is 0 Å². The molecule has 7 aromatic rings. The van der Waals surface area contributed by atoms with Crippen molar-refractivity contribution >= 4 is 54.3 Å². The van der Waals surface area contributed by atoms with Gasteiger partial charge in [0.25, 0.3) is 0 Å². The molecule has 0 saturated carbocycles. The van der Waals surface area contributed by atoms with Gasteiger partial charge in [-0.25, -0.2) is 0 Å². The summed E-state index contributed by atoms with van der Waals surface area (Å²) in [7, 11) is 0. The van der Waals surface area contributed by atoms with Crippen LogP contribution in [0.25, 0.3) is 59.9 Å². The molecule has 0 N–H and O–H groups in total. The molecular weight excluding hydrogens is 376 g/mol. The Morgan fingerprint density at radius 3 is 1.71 bits per heavy atom. The molecule has 0 saturated heterocycles. The number of aromatic nitrogens is 2. The maximum absolute atomic E-state index is 4.69. The molecule has 31 heavy (non-hydrogen) atoms. The number of benzene rings is 5. The van der Waals surface area contributed by atoms with Gasteiger partial charge in [0.2, 0.25) is 0 Å². The summed E-state index contributed by atoms with van der Waals surface area (Å²) in [5.41, 5.74) is 4.52. The maximum Gasteiger partial charge on any atom is 0.0963 e. The molecule has 0 spiro atoms. The van der Waals surface area contributed by atoms with Gasteiger partial charge in [0.1, 0.15) is 0 Å². The number of pyridine rings is 1. The van der Waals surface area contributed by atoms with E-state index >= 15 is 0 Å². The molecule has 0 radical (unpaired) electrons. The first-order valence-electron chi connectivity index (χ1n) is 10.6. The van der Waals surface area contributed by atoms with E-state index in [1.165, 1.54) is 43.2 Å². The first-order valence-corrected chi connectivity index (χ1v) is 10.6. The number of fused-ring (bicyclic) bond motifs is 9. The molecule has 0 atom stereocenters. The molecular formula is C29H18N2. The summed E-state index contributed by atoms with van der Waals surface area (Å²) in [5, 5.41) is 8.94. The minimum absolute atomic E-state index is 1.04. The highest BCUT2D eigenvalue weighted by Gasteiger charge is 2.14. The number of rotatable bonds is 1. The Kier molecular flexibility index (Phi) is 3.30. The summed E-state index contributed by atoms with van der Waals surface area (Å²) in [6.07, 6.45) is 1.87. The first-order chi connectivity index (χ1) is 15.4. The summed E-state index contributed by atoms with van der Waals surface area (Å²) < 4.78 is 2.33. The van der Waals surface area contributed by atoms with Crippen LogP contribution in [0.3, 0.4) is 0 Å². The van der Waals surface area contributed by atoms with Crippen LogP contribution in [0.4, 0.5) is 0 Å². The lowest BCUT2D eigenvalue weighted by molar-refractivity contribution is 1.18. The van der Waals surface area contributed by atoms with E-state index in [2.05, 4.69) is 107 Å². The normalized spacial score (nSPS) is 11.9. The van der Waals surface area contributed by atoms with E-state index in [-0.39, 0.29) is 0 Å². The molecule has 0 aliphatic heterocycles. The zero-order chi connectivity index (χ0) is 20.4. The second-order valence-electron chi connectivity index (χ2n) is 8.04. The Morgan fingerprint density at radius 2 is 1.00 bits per heavy atom. The van der Waals surface area contributed by atoms with Gasteiger partial charge in [0, 0.05) is 17.3 Å². The van der Waals surface area contributed by atoms with Crippen molar-refractivity contribution in [1.29, 1.82) is 0 Å². The minimum atomic E-state index is 1.04. The van der Waals surface area contributed by atoms with Crippen molar-refractivity contribution in [3.8, 4) is 5.69 Å². The fraction of sp³-hybridized carbons (Fsp3) is 0. The zero-order valence-electron chi connectivity index (χ0n) is 16.8. The van der Waals surface area contributed by atoms with Crippen LogP contribution in [0.2, 0.25) is 0 Å². The van der Waals surface area contributed by atoms with Gasteiger partial charge < -0.3 is 4.57 Å². The highest BCUT2D eigenvalue weighted by atomic mass is 15.0. The monoisotopic (exact) mass is 394 g/mol. The predicted octanol–water partition coefficient (Wildman–Crippen LogP) is 7.64. The van der Waals surface area contributed by atoms with E-state index in [1.54, 1.807) is 0 Å². The highest BCUT2D eigenvalue weighted by Crippen LogP contribution is 2.37. The Morgan fingerprint density at radius 1 is 0.452 bits per heavy atom. The topological polar surface area (TPSA) is 17.8 Å². The van der Waals surface area contributed by atoms with Crippen LogP contribution < -0.4 is 0 Å². The molecule has 0 aliphatic rings. The van der Waals surface area contributed by atoms with E-state index in [0.29, 0.717) is 0 Å². The van der Waals surface area contributed by atoms with Crippen LogP contribution in [0.15, 0.2) is 109 Å². The average molecular weight is 394 g/mol. The lowest BCUT2D eigenvalue weighted by Gasteiger charge is -2.13. The molecule has 0 bridgehead atoms. The van der Waals surface area contributed by atoms with Crippen molar-refractivity contribution < 1.29 is 0 Å². The smallest absolute Gasteiger partial charge is 0.0963 e. The standard InChI is InChI=1S/C29H18N2/c1-2-10-22-20(8-1)21-9-3-4-11-23(21)26-18-19(15-16-24(22)26)31-27-13-6-5-12-25(27)29-28(31)14-7-17-30-29/h1-18H. The number of nitrogens with zero attached hydrogens (tertiary/aromatic N) is 2. The van der Waals surface area contributed by atoms with Crippen molar-refractivity contribution in [2.75, 3.05) is 0 Å². The summed E-state index contributed by atoms with van der Waals surface area (Å²) in [6.45, 7) is 0. The SMILES string of the molecule is c1ccc2c(c1)c1ccccc1c1cc(-n3c4ccccc4c4ncccc43)ccc21. The number of hydrogen-bond acceptors (Lipinski definition) is 1. The summed E-state index contributed by atoms with van der Waals surface area (Å²) in [4.78, 5) is 4.69. The van der Waals surface area contributed by atoms with E-state index in [9.17, 15) is 0 Å². The van der Waals surface area contributed by atoms with Gasteiger partial charge in [-0.05, 0) is 62.6 Å².